The molecule has 0 radical (unpaired) electrons. The van der Waals surface area contributed by atoms with Gasteiger partial charge >= 0.3 is 0 Å². The molecule has 5 heteroatoms. The van der Waals surface area contributed by atoms with Crippen molar-refractivity contribution in [3.8, 4) is 0 Å². The van der Waals surface area contributed by atoms with Crippen molar-refractivity contribution < 1.29 is 9.59 Å². The standard InChI is InChI=1S/C26H28N2O2S/c1-18(19-12-14-21(15-13-19)26(2,3)4)27-25(30)23(17-22-11-8-16-31-22)28-24(29)20-9-6-5-7-10-20/h5-18H,1-4H3,(H,27,30)(H,28,29)/b23-17-/t18-/m0/s1. The van der Waals surface area contributed by atoms with Gasteiger partial charge in [-0.15, -0.1) is 11.3 Å². The fraction of sp³-hybridized carbons (Fsp3) is 0.231. The van der Waals surface area contributed by atoms with Crippen LogP contribution in [-0.2, 0) is 10.2 Å². The smallest absolute Gasteiger partial charge is 0.268 e. The van der Waals surface area contributed by atoms with Gasteiger partial charge in [-0.1, -0.05) is 69.3 Å². The molecule has 160 valence electrons. The Hall–Kier alpha value is -3.18. The van der Waals surface area contributed by atoms with Gasteiger partial charge in [-0.25, -0.2) is 0 Å². The summed E-state index contributed by atoms with van der Waals surface area (Å²) in [6.07, 6.45) is 1.70. The van der Waals surface area contributed by atoms with Crippen LogP contribution in [0, 0.1) is 0 Å². The van der Waals surface area contributed by atoms with E-state index in [0.29, 0.717) is 5.56 Å². The molecule has 0 saturated heterocycles. The summed E-state index contributed by atoms with van der Waals surface area (Å²) in [6, 6.07) is 20.7. The van der Waals surface area contributed by atoms with Crippen LogP contribution in [0.3, 0.4) is 0 Å². The fourth-order valence-electron chi connectivity index (χ4n) is 3.09. The van der Waals surface area contributed by atoms with Crippen molar-refractivity contribution in [2.24, 2.45) is 0 Å². The van der Waals surface area contributed by atoms with E-state index in [0.717, 1.165) is 10.4 Å². The first-order valence-electron chi connectivity index (χ1n) is 10.3. The van der Waals surface area contributed by atoms with Crippen LogP contribution in [0.5, 0.6) is 0 Å². The second kappa shape index (κ2) is 9.75. The molecule has 2 aromatic carbocycles. The lowest BCUT2D eigenvalue weighted by molar-refractivity contribution is -0.118. The molecule has 3 rings (SSSR count). The van der Waals surface area contributed by atoms with E-state index in [1.54, 1.807) is 30.3 Å². The van der Waals surface area contributed by atoms with Crippen LogP contribution < -0.4 is 10.6 Å². The molecule has 0 aliphatic heterocycles. The van der Waals surface area contributed by atoms with Crippen molar-refractivity contribution in [3.63, 3.8) is 0 Å². The van der Waals surface area contributed by atoms with Gasteiger partial charge in [0.05, 0.1) is 6.04 Å². The first-order valence-corrected chi connectivity index (χ1v) is 11.1. The molecule has 0 unspecified atom stereocenters. The number of nitrogens with one attached hydrogen (secondary N) is 2. The molecule has 0 fully saturated rings. The Balaban J connectivity index is 1.77. The molecule has 2 N–H and O–H groups in total. The molecule has 31 heavy (non-hydrogen) atoms. The maximum atomic E-state index is 13.1. The van der Waals surface area contributed by atoms with Crippen LogP contribution in [0.25, 0.3) is 6.08 Å². The molecule has 1 aromatic heterocycles. The Morgan fingerprint density at radius 2 is 1.61 bits per heavy atom. The zero-order valence-electron chi connectivity index (χ0n) is 18.3. The van der Waals surface area contributed by atoms with Gasteiger partial charge in [-0.05, 0) is 53.1 Å². The number of thiophene rings is 1. The van der Waals surface area contributed by atoms with Crippen molar-refractivity contribution in [2.75, 3.05) is 0 Å². The minimum atomic E-state index is -0.329. The summed E-state index contributed by atoms with van der Waals surface area (Å²) in [5.74, 6) is -0.647. The Bertz CT molecular complexity index is 1050. The molecule has 3 aromatic rings. The van der Waals surface area contributed by atoms with Crippen molar-refractivity contribution in [2.45, 2.75) is 39.2 Å². The Labute approximate surface area is 188 Å². The molecule has 2 amide bonds. The predicted octanol–water partition coefficient (Wildman–Crippen LogP) is 5.69. The summed E-state index contributed by atoms with van der Waals surface area (Å²) in [5, 5.41) is 7.71. The van der Waals surface area contributed by atoms with Crippen LogP contribution >= 0.6 is 11.3 Å². The molecule has 0 aliphatic rings. The highest BCUT2D eigenvalue weighted by Gasteiger charge is 2.18. The van der Waals surface area contributed by atoms with E-state index >= 15 is 0 Å². The molecule has 0 bridgehead atoms. The molecule has 1 heterocycles. The SMILES string of the molecule is C[C@H](NC(=O)/C(=C/c1cccs1)NC(=O)c1ccccc1)c1ccc(C(C)(C)C)cc1. The van der Waals surface area contributed by atoms with Gasteiger partial charge < -0.3 is 10.6 Å². The topological polar surface area (TPSA) is 58.2 Å². The molecule has 0 saturated carbocycles. The van der Waals surface area contributed by atoms with Gasteiger partial charge in [-0.2, -0.15) is 0 Å². The highest BCUT2D eigenvalue weighted by Crippen LogP contribution is 2.24. The fourth-order valence-corrected chi connectivity index (χ4v) is 3.74. The highest BCUT2D eigenvalue weighted by molar-refractivity contribution is 7.10. The normalized spacial score (nSPS) is 12.8. The Morgan fingerprint density at radius 1 is 0.935 bits per heavy atom. The van der Waals surface area contributed by atoms with Gasteiger partial charge in [0.15, 0.2) is 0 Å². The van der Waals surface area contributed by atoms with Gasteiger partial charge in [0, 0.05) is 10.4 Å². The zero-order valence-corrected chi connectivity index (χ0v) is 19.1. The molecule has 1 atom stereocenters. The molecule has 0 spiro atoms. The number of carbonyl (C=O) groups excluding carboxylic acids is 2. The third kappa shape index (κ3) is 6.15. The minimum Gasteiger partial charge on any atom is -0.344 e. The van der Waals surface area contributed by atoms with Crippen molar-refractivity contribution in [1.82, 2.24) is 10.6 Å². The second-order valence-electron chi connectivity index (χ2n) is 8.46. The summed E-state index contributed by atoms with van der Waals surface area (Å²) in [5.41, 5.74) is 3.03. The number of benzene rings is 2. The summed E-state index contributed by atoms with van der Waals surface area (Å²) in [4.78, 5) is 26.6. The molecular weight excluding hydrogens is 404 g/mol. The highest BCUT2D eigenvalue weighted by atomic mass is 32.1. The van der Waals surface area contributed by atoms with Crippen LogP contribution in [-0.4, -0.2) is 11.8 Å². The lowest BCUT2D eigenvalue weighted by Gasteiger charge is -2.21. The Kier molecular flexibility index (Phi) is 7.08. The average Bonchev–Trinajstić information content (AvgIpc) is 3.26. The van der Waals surface area contributed by atoms with Crippen LogP contribution in [0.1, 0.15) is 60.1 Å². The van der Waals surface area contributed by atoms with E-state index < -0.39 is 0 Å². The second-order valence-corrected chi connectivity index (χ2v) is 9.44. The third-order valence-electron chi connectivity index (χ3n) is 4.98. The maximum Gasteiger partial charge on any atom is 0.268 e. The minimum absolute atomic E-state index is 0.0728. The van der Waals surface area contributed by atoms with Crippen LogP contribution in [0.15, 0.2) is 77.8 Å². The summed E-state index contributed by atoms with van der Waals surface area (Å²) in [6.45, 7) is 8.45. The number of hydrogen-bond acceptors (Lipinski definition) is 3. The quantitative estimate of drug-likeness (QED) is 0.491. The lowest BCUT2D eigenvalue weighted by atomic mass is 9.86. The predicted molar refractivity (Wildman–Crippen MR) is 128 cm³/mol. The Morgan fingerprint density at radius 3 is 2.19 bits per heavy atom. The molecular formula is C26H28N2O2S. The van der Waals surface area contributed by atoms with E-state index in [1.165, 1.54) is 16.9 Å². The van der Waals surface area contributed by atoms with E-state index in [1.807, 2.05) is 42.6 Å². The van der Waals surface area contributed by atoms with Crippen molar-refractivity contribution in [1.29, 1.82) is 0 Å². The zero-order chi connectivity index (χ0) is 22.4. The number of rotatable bonds is 6. The first kappa shape index (κ1) is 22.5. The van der Waals surface area contributed by atoms with E-state index in [2.05, 4.69) is 43.5 Å². The summed E-state index contributed by atoms with van der Waals surface area (Å²) >= 11 is 1.50. The number of carbonyl (C=O) groups is 2. The summed E-state index contributed by atoms with van der Waals surface area (Å²) < 4.78 is 0. The lowest BCUT2D eigenvalue weighted by Crippen LogP contribution is -2.36. The van der Waals surface area contributed by atoms with Gasteiger partial charge in [0.1, 0.15) is 5.70 Å². The third-order valence-corrected chi connectivity index (χ3v) is 5.80. The van der Waals surface area contributed by atoms with Crippen LogP contribution in [0.2, 0.25) is 0 Å². The van der Waals surface area contributed by atoms with Crippen LogP contribution in [0.4, 0.5) is 0 Å². The van der Waals surface area contributed by atoms with Gasteiger partial charge in [-0.3, -0.25) is 9.59 Å². The van der Waals surface area contributed by atoms with Crippen molar-refractivity contribution in [3.05, 3.63) is 99.4 Å². The largest absolute Gasteiger partial charge is 0.344 e. The van der Waals surface area contributed by atoms with E-state index in [-0.39, 0.29) is 29.0 Å². The van der Waals surface area contributed by atoms with E-state index in [9.17, 15) is 9.59 Å². The van der Waals surface area contributed by atoms with Gasteiger partial charge in [0.25, 0.3) is 11.8 Å². The van der Waals surface area contributed by atoms with Crippen molar-refractivity contribution >= 4 is 29.2 Å². The van der Waals surface area contributed by atoms with E-state index in [4.69, 9.17) is 0 Å². The average molecular weight is 433 g/mol. The molecule has 0 aliphatic carbocycles. The summed E-state index contributed by atoms with van der Waals surface area (Å²) in [7, 11) is 0. The number of hydrogen-bond donors (Lipinski definition) is 2. The maximum absolute atomic E-state index is 13.1. The van der Waals surface area contributed by atoms with Gasteiger partial charge in [0.2, 0.25) is 0 Å². The first-order chi connectivity index (χ1) is 14.7. The number of amides is 2. The molecule has 4 nitrogen and oxygen atoms in total. The monoisotopic (exact) mass is 432 g/mol.